The molecule has 1 amide bonds. The summed E-state index contributed by atoms with van der Waals surface area (Å²) in [6, 6.07) is 3.27. The summed E-state index contributed by atoms with van der Waals surface area (Å²) in [6.07, 6.45) is 6.82. The van der Waals surface area contributed by atoms with Gasteiger partial charge in [-0.25, -0.2) is 4.98 Å². The molecule has 3 nitrogen and oxygen atoms in total. The van der Waals surface area contributed by atoms with E-state index in [0.29, 0.717) is 10.7 Å². The summed E-state index contributed by atoms with van der Waals surface area (Å²) in [4.78, 5) is 15.8. The third kappa shape index (κ3) is 3.56. The SMILES string of the molecule is C#CCNC(=O)c1cc(Cl)nc(CCC)c1. The van der Waals surface area contributed by atoms with Crippen molar-refractivity contribution in [3.63, 3.8) is 0 Å². The molecule has 0 fully saturated rings. The van der Waals surface area contributed by atoms with Crippen LogP contribution in [-0.2, 0) is 6.42 Å². The van der Waals surface area contributed by atoms with Crippen molar-refractivity contribution in [2.75, 3.05) is 6.54 Å². The Labute approximate surface area is 100 Å². The van der Waals surface area contributed by atoms with Gasteiger partial charge in [-0.05, 0) is 18.6 Å². The molecule has 16 heavy (non-hydrogen) atoms. The molecule has 1 N–H and O–H groups in total. The van der Waals surface area contributed by atoms with Crippen LogP contribution in [0.3, 0.4) is 0 Å². The van der Waals surface area contributed by atoms with Crippen molar-refractivity contribution in [2.24, 2.45) is 0 Å². The number of halogens is 1. The van der Waals surface area contributed by atoms with Crippen LogP contribution in [0.15, 0.2) is 12.1 Å². The molecule has 84 valence electrons. The van der Waals surface area contributed by atoms with Crippen LogP contribution in [0.2, 0.25) is 5.15 Å². The number of aryl methyl sites for hydroxylation is 1. The molecule has 0 radical (unpaired) electrons. The van der Waals surface area contributed by atoms with Crippen LogP contribution in [-0.4, -0.2) is 17.4 Å². The van der Waals surface area contributed by atoms with E-state index in [2.05, 4.69) is 16.2 Å². The molecule has 0 aliphatic heterocycles. The molecule has 0 bridgehead atoms. The van der Waals surface area contributed by atoms with Gasteiger partial charge in [-0.2, -0.15) is 0 Å². The van der Waals surface area contributed by atoms with E-state index in [1.807, 2.05) is 6.92 Å². The summed E-state index contributed by atoms with van der Waals surface area (Å²) in [5.41, 5.74) is 1.32. The molecule has 0 unspecified atom stereocenters. The fourth-order valence-corrected chi connectivity index (χ4v) is 1.53. The molecule has 0 spiro atoms. The van der Waals surface area contributed by atoms with Crippen LogP contribution in [0.5, 0.6) is 0 Å². The molecule has 0 aromatic carbocycles. The smallest absolute Gasteiger partial charge is 0.252 e. The fourth-order valence-electron chi connectivity index (χ4n) is 1.30. The second kappa shape index (κ2) is 6.14. The standard InChI is InChI=1S/C12H13ClN2O/c1-3-5-10-7-9(8-11(13)15-10)12(16)14-6-4-2/h2,7-8H,3,5-6H2,1H3,(H,14,16). The number of nitrogens with zero attached hydrogens (tertiary/aromatic N) is 1. The highest BCUT2D eigenvalue weighted by Gasteiger charge is 2.07. The molecule has 1 heterocycles. The molecular weight excluding hydrogens is 224 g/mol. The van der Waals surface area contributed by atoms with Crippen molar-refractivity contribution in [1.82, 2.24) is 10.3 Å². The molecule has 0 atom stereocenters. The maximum absolute atomic E-state index is 11.6. The van der Waals surface area contributed by atoms with Gasteiger partial charge in [-0.15, -0.1) is 6.42 Å². The van der Waals surface area contributed by atoms with Gasteiger partial charge in [-0.1, -0.05) is 30.9 Å². The fraction of sp³-hybridized carbons (Fsp3) is 0.333. The second-order valence-corrected chi connectivity index (χ2v) is 3.69. The van der Waals surface area contributed by atoms with E-state index in [0.717, 1.165) is 18.5 Å². The normalized spacial score (nSPS) is 9.56. The first kappa shape index (κ1) is 12.5. The predicted molar refractivity (Wildman–Crippen MR) is 64.4 cm³/mol. The average molecular weight is 237 g/mol. The van der Waals surface area contributed by atoms with Crippen LogP contribution in [0.1, 0.15) is 29.4 Å². The number of pyridine rings is 1. The Kier molecular flexibility index (Phi) is 4.81. The van der Waals surface area contributed by atoms with Gasteiger partial charge >= 0.3 is 0 Å². The van der Waals surface area contributed by atoms with Gasteiger partial charge in [0.15, 0.2) is 0 Å². The highest BCUT2D eigenvalue weighted by Crippen LogP contribution is 2.12. The van der Waals surface area contributed by atoms with Gasteiger partial charge in [0.25, 0.3) is 5.91 Å². The number of carbonyl (C=O) groups excluding carboxylic acids is 1. The maximum atomic E-state index is 11.6. The van der Waals surface area contributed by atoms with E-state index in [-0.39, 0.29) is 12.5 Å². The van der Waals surface area contributed by atoms with Gasteiger partial charge in [0.1, 0.15) is 5.15 Å². The summed E-state index contributed by atoms with van der Waals surface area (Å²) in [6.45, 7) is 2.25. The van der Waals surface area contributed by atoms with Gasteiger partial charge in [-0.3, -0.25) is 4.79 Å². The number of aromatic nitrogens is 1. The Bertz CT molecular complexity index is 424. The maximum Gasteiger partial charge on any atom is 0.252 e. The third-order valence-electron chi connectivity index (χ3n) is 1.97. The third-order valence-corrected chi connectivity index (χ3v) is 2.16. The summed E-state index contributed by atoms with van der Waals surface area (Å²) in [5, 5.41) is 2.91. The first-order valence-electron chi connectivity index (χ1n) is 5.05. The van der Waals surface area contributed by atoms with E-state index < -0.39 is 0 Å². The second-order valence-electron chi connectivity index (χ2n) is 3.31. The minimum Gasteiger partial charge on any atom is -0.341 e. The number of hydrogen-bond donors (Lipinski definition) is 1. The van der Waals surface area contributed by atoms with Crippen LogP contribution in [0.25, 0.3) is 0 Å². The van der Waals surface area contributed by atoms with Crippen molar-refractivity contribution >= 4 is 17.5 Å². The Balaban J connectivity index is 2.87. The predicted octanol–water partition coefficient (Wildman–Crippen LogP) is 2.05. The van der Waals surface area contributed by atoms with Gasteiger partial charge in [0.2, 0.25) is 0 Å². The molecular formula is C12H13ClN2O. The van der Waals surface area contributed by atoms with Crippen molar-refractivity contribution in [3.8, 4) is 12.3 Å². The quantitative estimate of drug-likeness (QED) is 0.642. The highest BCUT2D eigenvalue weighted by atomic mass is 35.5. The van der Waals surface area contributed by atoms with E-state index in [9.17, 15) is 4.79 Å². The summed E-state index contributed by atoms with van der Waals surface area (Å²) in [5.74, 6) is 2.12. The van der Waals surface area contributed by atoms with Crippen LogP contribution < -0.4 is 5.32 Å². The zero-order valence-corrected chi connectivity index (χ0v) is 9.84. The summed E-state index contributed by atoms with van der Waals surface area (Å²) < 4.78 is 0. The molecule has 1 rings (SSSR count). The number of nitrogens with one attached hydrogen (secondary N) is 1. The number of amides is 1. The molecule has 0 saturated carbocycles. The lowest BCUT2D eigenvalue weighted by Gasteiger charge is -2.05. The van der Waals surface area contributed by atoms with E-state index in [4.69, 9.17) is 18.0 Å². The Hall–Kier alpha value is -1.53. The Morgan fingerprint density at radius 2 is 2.38 bits per heavy atom. The molecule has 0 aliphatic carbocycles. The van der Waals surface area contributed by atoms with Gasteiger partial charge in [0.05, 0.1) is 6.54 Å². The van der Waals surface area contributed by atoms with Crippen molar-refractivity contribution < 1.29 is 4.79 Å². The van der Waals surface area contributed by atoms with Crippen molar-refractivity contribution in [3.05, 3.63) is 28.5 Å². The minimum atomic E-state index is -0.223. The van der Waals surface area contributed by atoms with Crippen molar-refractivity contribution in [2.45, 2.75) is 19.8 Å². The lowest BCUT2D eigenvalue weighted by atomic mass is 10.1. The minimum absolute atomic E-state index is 0.210. The van der Waals surface area contributed by atoms with Gasteiger partial charge in [0, 0.05) is 11.3 Å². The topological polar surface area (TPSA) is 42.0 Å². The first-order chi connectivity index (χ1) is 7.67. The zero-order chi connectivity index (χ0) is 12.0. The van der Waals surface area contributed by atoms with E-state index in [1.54, 1.807) is 6.07 Å². The van der Waals surface area contributed by atoms with Crippen LogP contribution in [0, 0.1) is 12.3 Å². The lowest BCUT2D eigenvalue weighted by Crippen LogP contribution is -2.23. The molecule has 0 aliphatic rings. The number of hydrogen-bond acceptors (Lipinski definition) is 2. The van der Waals surface area contributed by atoms with E-state index in [1.165, 1.54) is 6.07 Å². The number of terminal acetylenes is 1. The zero-order valence-electron chi connectivity index (χ0n) is 9.09. The summed E-state index contributed by atoms with van der Waals surface area (Å²) >= 11 is 5.83. The molecule has 1 aromatic heterocycles. The highest BCUT2D eigenvalue weighted by molar-refractivity contribution is 6.29. The first-order valence-corrected chi connectivity index (χ1v) is 5.43. The lowest BCUT2D eigenvalue weighted by molar-refractivity contribution is 0.0958. The van der Waals surface area contributed by atoms with E-state index >= 15 is 0 Å². The monoisotopic (exact) mass is 236 g/mol. The van der Waals surface area contributed by atoms with Crippen LogP contribution in [0.4, 0.5) is 0 Å². The summed E-state index contributed by atoms with van der Waals surface area (Å²) in [7, 11) is 0. The molecule has 0 saturated heterocycles. The molecule has 1 aromatic rings. The number of rotatable bonds is 4. The Morgan fingerprint density at radius 1 is 1.62 bits per heavy atom. The van der Waals surface area contributed by atoms with Gasteiger partial charge < -0.3 is 5.32 Å². The van der Waals surface area contributed by atoms with Crippen molar-refractivity contribution in [1.29, 1.82) is 0 Å². The number of carbonyl (C=O) groups is 1. The Morgan fingerprint density at radius 3 is 3.00 bits per heavy atom. The largest absolute Gasteiger partial charge is 0.341 e. The molecule has 4 heteroatoms. The van der Waals surface area contributed by atoms with Crippen LogP contribution >= 0.6 is 11.6 Å². The average Bonchev–Trinajstić information content (AvgIpc) is 2.25.